The van der Waals surface area contributed by atoms with Gasteiger partial charge in [0.2, 0.25) is 5.91 Å². The van der Waals surface area contributed by atoms with E-state index >= 15 is 0 Å². The highest BCUT2D eigenvalue weighted by atomic mass is 35.5. The van der Waals surface area contributed by atoms with Crippen molar-refractivity contribution in [2.75, 3.05) is 9.03 Å². The number of hydrogen-bond acceptors (Lipinski definition) is 3. The maximum atomic E-state index is 12.7. The molecule has 0 spiro atoms. The number of aryl methyl sites for hydroxylation is 2. The quantitative estimate of drug-likeness (QED) is 0.923. The molecule has 1 aliphatic heterocycles. The first kappa shape index (κ1) is 15.8. The van der Waals surface area contributed by atoms with Crippen molar-refractivity contribution in [2.45, 2.75) is 19.8 Å². The Morgan fingerprint density at radius 3 is 2.61 bits per heavy atom. The lowest BCUT2D eigenvalue weighted by molar-refractivity contribution is -0.117. The third-order valence-corrected chi connectivity index (χ3v) is 5.49. The Morgan fingerprint density at radius 2 is 1.87 bits per heavy atom. The van der Waals surface area contributed by atoms with Crippen molar-refractivity contribution in [2.24, 2.45) is 0 Å². The Bertz CT molecular complexity index is 881. The van der Waals surface area contributed by atoms with Gasteiger partial charge in [0.15, 0.2) is 0 Å². The second-order valence-corrected chi connectivity index (χ2v) is 7.28. The summed E-state index contributed by atoms with van der Waals surface area (Å²) in [5.41, 5.74) is 2.35. The number of nitrogens with zero attached hydrogens (tertiary/aromatic N) is 1. The topological polar surface area (TPSA) is 66.5 Å². The molecule has 1 amide bonds. The fourth-order valence-corrected chi connectivity index (χ4v) is 3.99. The van der Waals surface area contributed by atoms with Gasteiger partial charge >= 0.3 is 10.2 Å². The van der Waals surface area contributed by atoms with Gasteiger partial charge in [-0.2, -0.15) is 12.7 Å². The Hall–Kier alpha value is -2.05. The highest BCUT2D eigenvalue weighted by Gasteiger charge is 2.33. The molecular weight excluding hydrogens is 336 g/mol. The molecule has 1 N–H and O–H groups in total. The van der Waals surface area contributed by atoms with Crippen LogP contribution in [-0.2, 0) is 21.4 Å². The van der Waals surface area contributed by atoms with E-state index in [4.69, 9.17) is 11.6 Å². The van der Waals surface area contributed by atoms with Crippen molar-refractivity contribution >= 4 is 39.1 Å². The molecule has 0 fully saturated rings. The molecule has 0 saturated heterocycles. The third kappa shape index (κ3) is 3.04. The van der Waals surface area contributed by atoms with Crippen LogP contribution < -0.4 is 9.03 Å². The molecule has 5 nitrogen and oxygen atoms in total. The van der Waals surface area contributed by atoms with Crippen LogP contribution in [0.3, 0.4) is 0 Å². The summed E-state index contributed by atoms with van der Waals surface area (Å²) in [7, 11) is -4.04. The monoisotopic (exact) mass is 350 g/mol. The Labute approximate surface area is 140 Å². The summed E-state index contributed by atoms with van der Waals surface area (Å²) in [6, 6.07) is 11.8. The first-order valence-electron chi connectivity index (χ1n) is 7.08. The molecule has 23 heavy (non-hydrogen) atoms. The van der Waals surface area contributed by atoms with E-state index in [1.54, 1.807) is 37.3 Å². The van der Waals surface area contributed by atoms with Gasteiger partial charge in [-0.1, -0.05) is 29.8 Å². The van der Waals surface area contributed by atoms with E-state index in [2.05, 4.69) is 4.72 Å². The zero-order valence-electron chi connectivity index (χ0n) is 12.4. The second kappa shape index (κ2) is 5.86. The molecule has 0 bridgehead atoms. The number of anilines is 2. The molecule has 2 aromatic rings. The van der Waals surface area contributed by atoms with E-state index in [1.807, 2.05) is 12.1 Å². The molecule has 7 heteroatoms. The molecule has 0 saturated carbocycles. The van der Waals surface area contributed by atoms with Gasteiger partial charge in [0.25, 0.3) is 0 Å². The van der Waals surface area contributed by atoms with Gasteiger partial charge in [-0.15, -0.1) is 0 Å². The van der Waals surface area contributed by atoms with Gasteiger partial charge in [0, 0.05) is 11.4 Å². The predicted molar refractivity (Wildman–Crippen MR) is 91.0 cm³/mol. The van der Waals surface area contributed by atoms with Gasteiger partial charge in [0.1, 0.15) is 0 Å². The maximum Gasteiger partial charge on any atom is 0.330 e. The molecule has 0 aromatic heterocycles. The molecule has 1 aliphatic rings. The number of fused-ring (bicyclic) bond motifs is 1. The number of amides is 1. The zero-order chi connectivity index (χ0) is 16.6. The highest BCUT2D eigenvalue weighted by molar-refractivity contribution is 7.94. The smallest absolute Gasteiger partial charge is 0.273 e. The van der Waals surface area contributed by atoms with Crippen LogP contribution >= 0.6 is 11.6 Å². The van der Waals surface area contributed by atoms with E-state index in [1.165, 1.54) is 0 Å². The third-order valence-electron chi connectivity index (χ3n) is 3.69. The van der Waals surface area contributed by atoms with Crippen LogP contribution in [0.4, 0.5) is 11.4 Å². The average molecular weight is 351 g/mol. The van der Waals surface area contributed by atoms with Crippen LogP contribution in [0.15, 0.2) is 42.5 Å². The Kier molecular flexibility index (Phi) is 4.04. The molecule has 1 heterocycles. The van der Waals surface area contributed by atoms with Crippen molar-refractivity contribution < 1.29 is 13.2 Å². The number of rotatable bonds is 3. The number of hydrogen-bond donors (Lipinski definition) is 1. The number of nitrogens with one attached hydrogen (secondary N) is 1. The molecule has 3 rings (SSSR count). The van der Waals surface area contributed by atoms with Crippen molar-refractivity contribution in [3.8, 4) is 0 Å². The first-order valence-corrected chi connectivity index (χ1v) is 8.90. The number of carbonyl (C=O) groups is 1. The molecular formula is C16H15ClN2O3S. The van der Waals surface area contributed by atoms with Crippen molar-refractivity contribution in [1.29, 1.82) is 0 Å². The van der Waals surface area contributed by atoms with Crippen LogP contribution in [-0.4, -0.2) is 14.3 Å². The van der Waals surface area contributed by atoms with Crippen LogP contribution in [0.1, 0.15) is 17.5 Å². The second-order valence-electron chi connectivity index (χ2n) is 5.36. The number of halogens is 1. The van der Waals surface area contributed by atoms with Gasteiger partial charge in [-0.3, -0.25) is 9.52 Å². The molecule has 0 radical (unpaired) electrons. The Morgan fingerprint density at radius 1 is 1.13 bits per heavy atom. The van der Waals surface area contributed by atoms with E-state index in [9.17, 15) is 13.2 Å². The normalized spacial score (nSPS) is 14.5. The summed E-state index contributed by atoms with van der Waals surface area (Å²) in [5.74, 6) is -0.443. The lowest BCUT2D eigenvalue weighted by Crippen LogP contribution is -2.43. The van der Waals surface area contributed by atoms with Gasteiger partial charge < -0.3 is 0 Å². The van der Waals surface area contributed by atoms with Gasteiger partial charge in [-0.05, 0) is 48.7 Å². The number of carbonyl (C=O) groups excluding carboxylic acids is 1. The molecule has 0 unspecified atom stereocenters. The summed E-state index contributed by atoms with van der Waals surface area (Å²) in [5, 5.41) is 0.548. The highest BCUT2D eigenvalue weighted by Crippen LogP contribution is 2.30. The fraction of sp³-hybridized carbons (Fsp3) is 0.188. The number of benzene rings is 2. The van der Waals surface area contributed by atoms with E-state index in [0.29, 0.717) is 22.8 Å². The largest absolute Gasteiger partial charge is 0.330 e. The summed E-state index contributed by atoms with van der Waals surface area (Å²) >= 11 is 5.95. The summed E-state index contributed by atoms with van der Waals surface area (Å²) in [4.78, 5) is 12.2. The standard InChI is InChI=1S/C16H15ClN2O3S/c1-11-10-13(7-8-14(11)17)18-23(21,22)19-15-5-3-2-4-12(15)6-9-16(19)20/h2-5,7-8,10,18H,6,9H2,1H3. The molecule has 0 atom stereocenters. The van der Waals surface area contributed by atoms with Crippen LogP contribution in [0.25, 0.3) is 0 Å². The minimum atomic E-state index is -4.04. The van der Waals surface area contributed by atoms with Crippen LogP contribution in [0.2, 0.25) is 5.02 Å². The molecule has 2 aromatic carbocycles. The van der Waals surface area contributed by atoms with Crippen molar-refractivity contribution in [1.82, 2.24) is 0 Å². The van der Waals surface area contributed by atoms with E-state index in [0.717, 1.165) is 15.4 Å². The zero-order valence-corrected chi connectivity index (χ0v) is 14.0. The minimum absolute atomic E-state index is 0.164. The summed E-state index contributed by atoms with van der Waals surface area (Å²) in [6.07, 6.45) is 0.707. The first-order chi connectivity index (χ1) is 10.9. The van der Waals surface area contributed by atoms with E-state index < -0.39 is 16.1 Å². The lowest BCUT2D eigenvalue weighted by atomic mass is 10.0. The van der Waals surface area contributed by atoms with Crippen molar-refractivity contribution in [3.05, 3.63) is 58.6 Å². The van der Waals surface area contributed by atoms with E-state index in [-0.39, 0.29) is 6.42 Å². The van der Waals surface area contributed by atoms with Crippen LogP contribution in [0, 0.1) is 6.92 Å². The molecule has 0 aliphatic carbocycles. The fourth-order valence-electron chi connectivity index (χ4n) is 2.56. The average Bonchev–Trinajstić information content (AvgIpc) is 2.50. The Balaban J connectivity index is 1.99. The lowest BCUT2D eigenvalue weighted by Gasteiger charge is -2.28. The summed E-state index contributed by atoms with van der Waals surface area (Å²) in [6.45, 7) is 1.78. The SMILES string of the molecule is Cc1cc(NS(=O)(=O)N2C(=O)CCc3ccccc32)ccc1Cl. The van der Waals surface area contributed by atoms with Gasteiger partial charge in [-0.25, -0.2) is 0 Å². The predicted octanol–water partition coefficient (Wildman–Crippen LogP) is 3.28. The number of para-hydroxylation sites is 1. The van der Waals surface area contributed by atoms with Crippen molar-refractivity contribution in [3.63, 3.8) is 0 Å². The summed E-state index contributed by atoms with van der Waals surface area (Å²) < 4.78 is 28.7. The maximum absolute atomic E-state index is 12.7. The molecule has 120 valence electrons. The minimum Gasteiger partial charge on any atom is -0.273 e. The van der Waals surface area contributed by atoms with Gasteiger partial charge in [0.05, 0.1) is 11.4 Å². The van der Waals surface area contributed by atoms with Crippen LogP contribution in [0.5, 0.6) is 0 Å².